The van der Waals surface area contributed by atoms with E-state index < -0.39 is 0 Å². The molecule has 1 aromatic rings. The van der Waals surface area contributed by atoms with Crippen molar-refractivity contribution in [3.05, 3.63) is 30.3 Å². The normalized spacial score (nSPS) is 19.2. The first-order valence-corrected chi connectivity index (χ1v) is 6.75. The zero-order chi connectivity index (χ0) is 10.3. The third-order valence-corrected chi connectivity index (χ3v) is 3.81. The van der Waals surface area contributed by atoms with Gasteiger partial charge in [-0.1, -0.05) is 51.4 Å². The van der Waals surface area contributed by atoms with E-state index in [-0.39, 0.29) is 0 Å². The van der Waals surface area contributed by atoms with Gasteiger partial charge >= 0.3 is 0 Å². The van der Waals surface area contributed by atoms with Gasteiger partial charge in [-0.2, -0.15) is 0 Å². The van der Waals surface area contributed by atoms with E-state index in [1.54, 1.807) is 0 Å². The Kier molecular flexibility index (Phi) is 4.38. The van der Waals surface area contributed by atoms with Gasteiger partial charge in [-0.15, -0.1) is 0 Å². The number of benzene rings is 1. The maximum Gasteiger partial charge on any atom is 0.00837 e. The molecule has 1 saturated heterocycles. The van der Waals surface area contributed by atoms with E-state index in [1.165, 1.54) is 52.3 Å². The molecule has 1 aromatic carbocycles. The predicted octanol–water partition coefficient (Wildman–Crippen LogP) is 2.89. The molecule has 0 spiro atoms. The molecule has 1 fully saturated rings. The Hall–Kier alpha value is -0.650. The Morgan fingerprint density at radius 2 is 1.60 bits per heavy atom. The Balaban J connectivity index is 1.92. The molecule has 0 aliphatic carbocycles. The molecule has 15 heavy (non-hydrogen) atoms. The molecule has 0 aromatic heterocycles. The smallest absolute Gasteiger partial charge is 0.00837 e. The minimum absolute atomic E-state index is 1.25. The highest BCUT2D eigenvalue weighted by Crippen LogP contribution is 2.09. The van der Waals surface area contributed by atoms with Gasteiger partial charge in [0, 0.05) is 24.3 Å². The van der Waals surface area contributed by atoms with Crippen molar-refractivity contribution in [1.82, 2.24) is 4.90 Å². The van der Waals surface area contributed by atoms with Gasteiger partial charge in [0.15, 0.2) is 0 Å². The van der Waals surface area contributed by atoms with Gasteiger partial charge in [-0.3, -0.25) is 4.90 Å². The molecular weight excluding hydrogens is 201 g/mol. The fraction of sp³-hybridized carbons (Fsp3) is 0.462. The molecule has 0 N–H and O–H groups in total. The van der Waals surface area contributed by atoms with E-state index in [0.717, 1.165) is 0 Å². The van der Waals surface area contributed by atoms with E-state index in [1.807, 2.05) is 0 Å². The molecule has 80 valence electrons. The Labute approximate surface area is 93.9 Å². The summed E-state index contributed by atoms with van der Waals surface area (Å²) in [5.74, 6) is 2.35. The van der Waals surface area contributed by atoms with Crippen molar-refractivity contribution in [2.45, 2.75) is 25.7 Å². The van der Waals surface area contributed by atoms with Gasteiger partial charge < -0.3 is 0 Å². The molecule has 1 nitrogen and oxygen atoms in total. The summed E-state index contributed by atoms with van der Waals surface area (Å²) in [6.07, 6.45) is 5.54. The first-order valence-electron chi connectivity index (χ1n) is 5.78. The van der Waals surface area contributed by atoms with Crippen LogP contribution in [0, 0.1) is 0 Å². The fourth-order valence-electron chi connectivity index (χ4n) is 1.87. The minimum atomic E-state index is 1.25. The zero-order valence-corrected chi connectivity index (χ0v) is 10.00. The topological polar surface area (TPSA) is 3.24 Å². The van der Waals surface area contributed by atoms with E-state index in [2.05, 4.69) is 41.2 Å². The minimum Gasteiger partial charge on any atom is -0.277 e. The summed E-state index contributed by atoms with van der Waals surface area (Å²) in [5.41, 5.74) is 0. The van der Waals surface area contributed by atoms with Crippen LogP contribution >= 0.6 is 8.20 Å². The Morgan fingerprint density at radius 1 is 0.933 bits per heavy atom. The van der Waals surface area contributed by atoms with Crippen LogP contribution in [0.5, 0.6) is 0 Å². The van der Waals surface area contributed by atoms with Crippen LogP contribution in [0.2, 0.25) is 0 Å². The van der Waals surface area contributed by atoms with Gasteiger partial charge in [0.1, 0.15) is 0 Å². The van der Waals surface area contributed by atoms with E-state index in [9.17, 15) is 0 Å². The molecule has 0 unspecified atom stereocenters. The average molecular weight is 219 g/mol. The van der Waals surface area contributed by atoms with Crippen molar-refractivity contribution in [1.29, 1.82) is 0 Å². The lowest BCUT2D eigenvalue weighted by atomic mass is 10.2. The maximum absolute atomic E-state index is 2.49. The van der Waals surface area contributed by atoms with Crippen molar-refractivity contribution >= 4 is 19.4 Å². The summed E-state index contributed by atoms with van der Waals surface area (Å²) >= 11 is 0. The summed E-state index contributed by atoms with van der Waals surface area (Å²) in [6.45, 7) is 2.50. The van der Waals surface area contributed by atoms with Crippen molar-refractivity contribution in [3.63, 3.8) is 0 Å². The van der Waals surface area contributed by atoms with Crippen molar-refractivity contribution < 1.29 is 0 Å². The fourth-order valence-corrected chi connectivity index (χ4v) is 2.74. The standard InChI is InChI=1S/C13H18NP/c1-2-7-11-14(10-6-1)12-15-13-8-4-3-5-9-13/h3-5,8-9,12H,1-2,6-7,10-11H2. The van der Waals surface area contributed by atoms with Gasteiger partial charge in [0.25, 0.3) is 0 Å². The third kappa shape index (κ3) is 3.77. The second-order valence-electron chi connectivity index (χ2n) is 4.03. The summed E-state index contributed by atoms with van der Waals surface area (Å²) in [6, 6.07) is 10.7. The van der Waals surface area contributed by atoms with E-state index >= 15 is 0 Å². The summed E-state index contributed by atoms with van der Waals surface area (Å²) in [4.78, 5) is 2.49. The van der Waals surface area contributed by atoms with Crippen LogP contribution in [0.4, 0.5) is 0 Å². The first kappa shape index (κ1) is 10.9. The van der Waals surface area contributed by atoms with Crippen LogP contribution in [0.1, 0.15) is 25.7 Å². The van der Waals surface area contributed by atoms with Gasteiger partial charge in [-0.05, 0) is 12.8 Å². The molecule has 1 aliphatic rings. The lowest BCUT2D eigenvalue weighted by molar-refractivity contribution is 0.453. The van der Waals surface area contributed by atoms with Crippen LogP contribution in [0.25, 0.3) is 0 Å². The second-order valence-corrected chi connectivity index (χ2v) is 5.04. The molecule has 0 amide bonds. The third-order valence-electron chi connectivity index (χ3n) is 2.77. The summed E-state index contributed by atoms with van der Waals surface area (Å²) < 4.78 is 0. The summed E-state index contributed by atoms with van der Waals surface area (Å²) in [5, 5.41) is 1.39. The highest BCUT2D eigenvalue weighted by Gasteiger charge is 2.05. The lowest BCUT2D eigenvalue weighted by Gasteiger charge is -2.13. The summed E-state index contributed by atoms with van der Waals surface area (Å²) in [7, 11) is 1.34. The quantitative estimate of drug-likeness (QED) is 0.691. The van der Waals surface area contributed by atoms with E-state index in [0.29, 0.717) is 0 Å². The van der Waals surface area contributed by atoms with Crippen LogP contribution in [-0.4, -0.2) is 23.9 Å². The SMILES string of the molecule is C(=Pc1ccccc1)N1CCCCCC1. The first-order chi connectivity index (χ1) is 7.45. The highest BCUT2D eigenvalue weighted by molar-refractivity contribution is 7.47. The Morgan fingerprint density at radius 3 is 2.27 bits per heavy atom. The van der Waals surface area contributed by atoms with Crippen LogP contribution < -0.4 is 5.30 Å². The molecule has 2 rings (SSSR count). The van der Waals surface area contributed by atoms with Crippen LogP contribution in [0.15, 0.2) is 30.3 Å². The molecule has 0 bridgehead atoms. The highest BCUT2D eigenvalue weighted by atomic mass is 31.1. The molecule has 1 heterocycles. The molecule has 0 saturated carbocycles. The molecule has 0 radical (unpaired) electrons. The molecule has 2 heteroatoms. The van der Waals surface area contributed by atoms with Crippen molar-refractivity contribution in [2.75, 3.05) is 13.1 Å². The number of nitrogens with zero attached hydrogens (tertiary/aromatic N) is 1. The van der Waals surface area contributed by atoms with Crippen molar-refractivity contribution in [2.24, 2.45) is 0 Å². The number of hydrogen-bond acceptors (Lipinski definition) is 0. The zero-order valence-electron chi connectivity index (χ0n) is 9.10. The molecule has 1 aliphatic heterocycles. The van der Waals surface area contributed by atoms with Gasteiger partial charge in [0.2, 0.25) is 0 Å². The second kappa shape index (κ2) is 6.05. The monoisotopic (exact) mass is 219 g/mol. The average Bonchev–Trinajstić information content (AvgIpc) is 2.56. The van der Waals surface area contributed by atoms with E-state index in [4.69, 9.17) is 0 Å². The maximum atomic E-state index is 2.49. The van der Waals surface area contributed by atoms with Gasteiger partial charge in [0.05, 0.1) is 0 Å². The lowest BCUT2D eigenvalue weighted by Crippen LogP contribution is -2.22. The largest absolute Gasteiger partial charge is 0.277 e. The van der Waals surface area contributed by atoms with Gasteiger partial charge in [-0.25, -0.2) is 0 Å². The predicted molar refractivity (Wildman–Crippen MR) is 69.1 cm³/mol. The van der Waals surface area contributed by atoms with Crippen LogP contribution in [-0.2, 0) is 0 Å². The van der Waals surface area contributed by atoms with Crippen LogP contribution in [0.3, 0.4) is 0 Å². The molecular formula is C13H18NP. The number of likely N-dealkylation sites (tertiary alicyclic amines) is 1. The van der Waals surface area contributed by atoms with Crippen molar-refractivity contribution in [3.8, 4) is 0 Å². The number of rotatable bonds is 2. The number of hydrogen-bond donors (Lipinski definition) is 0. The molecule has 0 atom stereocenters. The Bertz CT molecular complexity index is 300.